The van der Waals surface area contributed by atoms with E-state index in [0.717, 1.165) is 37.2 Å². The number of hydrogen-bond donors (Lipinski definition) is 2. The Hall–Kier alpha value is -1.26. The Kier molecular flexibility index (Phi) is 3.17. The molecular weight excluding hydrogens is 278 g/mol. The molecule has 0 aromatic heterocycles. The molecule has 4 rings (SSSR count). The summed E-state index contributed by atoms with van der Waals surface area (Å²) in [6.45, 7) is 2.23. The minimum atomic E-state index is -0.392. The monoisotopic (exact) mass is 303 g/mol. The van der Waals surface area contributed by atoms with Gasteiger partial charge in [0.2, 0.25) is 0 Å². The molecule has 4 heteroatoms. The fraction of sp³-hybridized carbons (Fsp3) is 0.667. The second-order valence-corrected chi connectivity index (χ2v) is 6.91. The minimum Gasteiger partial charge on any atom is -0.493 e. The average molecular weight is 303 g/mol. The minimum absolute atomic E-state index is 0.0806. The van der Waals surface area contributed by atoms with Crippen molar-refractivity contribution in [3.63, 3.8) is 0 Å². The molecule has 22 heavy (non-hydrogen) atoms. The molecule has 0 amide bonds. The molecule has 1 aromatic carbocycles. The van der Waals surface area contributed by atoms with Crippen LogP contribution in [0, 0.1) is 5.92 Å². The zero-order valence-electron chi connectivity index (χ0n) is 13.6. The molecular formula is C18H25NO3. The van der Waals surface area contributed by atoms with Gasteiger partial charge in [-0.25, -0.2) is 0 Å². The van der Waals surface area contributed by atoms with Gasteiger partial charge in [0.05, 0.1) is 13.2 Å². The Morgan fingerprint density at radius 3 is 2.91 bits per heavy atom. The average Bonchev–Trinajstić information content (AvgIpc) is 2.92. The van der Waals surface area contributed by atoms with Crippen LogP contribution in [-0.2, 0) is 11.8 Å². The predicted octanol–water partition coefficient (Wildman–Crippen LogP) is 2.02. The Morgan fingerprint density at radius 1 is 1.41 bits per heavy atom. The van der Waals surface area contributed by atoms with E-state index in [-0.39, 0.29) is 11.5 Å². The van der Waals surface area contributed by atoms with Crippen LogP contribution in [0.5, 0.6) is 11.5 Å². The van der Waals surface area contributed by atoms with Gasteiger partial charge in [-0.1, -0.05) is 13.0 Å². The van der Waals surface area contributed by atoms with Crippen molar-refractivity contribution in [3.05, 3.63) is 23.3 Å². The fourth-order valence-corrected chi connectivity index (χ4v) is 5.40. The summed E-state index contributed by atoms with van der Waals surface area (Å²) < 4.78 is 11.9. The fourth-order valence-electron chi connectivity index (χ4n) is 5.40. The molecule has 0 spiro atoms. The third-order valence-electron chi connectivity index (χ3n) is 6.31. The van der Waals surface area contributed by atoms with E-state index in [1.807, 2.05) is 6.07 Å². The van der Waals surface area contributed by atoms with E-state index in [1.165, 1.54) is 11.1 Å². The number of aliphatic hydroxyl groups excluding tert-OH is 1. The first-order chi connectivity index (χ1) is 10.7. The molecule has 120 valence electrons. The number of rotatable bonds is 3. The Bertz CT molecular complexity index is 602. The van der Waals surface area contributed by atoms with Gasteiger partial charge in [0.15, 0.2) is 11.5 Å². The van der Waals surface area contributed by atoms with Crippen LogP contribution in [0.2, 0.25) is 0 Å². The number of nitrogens with one attached hydrogen (secondary N) is 1. The quantitative estimate of drug-likeness (QED) is 0.897. The highest BCUT2D eigenvalue weighted by atomic mass is 16.5. The van der Waals surface area contributed by atoms with Crippen molar-refractivity contribution in [1.82, 2.24) is 5.32 Å². The van der Waals surface area contributed by atoms with Gasteiger partial charge in [-0.2, -0.15) is 0 Å². The molecule has 4 nitrogen and oxygen atoms in total. The largest absolute Gasteiger partial charge is 0.493 e. The number of hydrogen-bond acceptors (Lipinski definition) is 4. The van der Waals surface area contributed by atoms with Gasteiger partial charge in [-0.3, -0.25) is 0 Å². The Morgan fingerprint density at radius 2 is 2.23 bits per heavy atom. The summed E-state index contributed by atoms with van der Waals surface area (Å²) in [5.74, 6) is 2.19. The van der Waals surface area contributed by atoms with Gasteiger partial charge in [-0.05, 0) is 50.3 Å². The van der Waals surface area contributed by atoms with Crippen LogP contribution < -0.4 is 14.8 Å². The second kappa shape index (κ2) is 4.87. The summed E-state index contributed by atoms with van der Waals surface area (Å²) in [6, 6.07) is 4.64. The van der Waals surface area contributed by atoms with E-state index in [9.17, 15) is 5.11 Å². The van der Waals surface area contributed by atoms with Crippen LogP contribution in [0.25, 0.3) is 0 Å². The first kappa shape index (κ1) is 14.3. The Balaban J connectivity index is 1.98. The van der Waals surface area contributed by atoms with Crippen LogP contribution >= 0.6 is 0 Å². The van der Waals surface area contributed by atoms with Gasteiger partial charge in [0.25, 0.3) is 0 Å². The lowest BCUT2D eigenvalue weighted by atomic mass is 9.53. The maximum atomic E-state index is 10.6. The van der Waals surface area contributed by atoms with Crippen molar-refractivity contribution in [3.8, 4) is 11.5 Å². The summed E-state index contributed by atoms with van der Waals surface area (Å²) in [7, 11) is 3.74. The zero-order chi connectivity index (χ0) is 15.5. The smallest absolute Gasteiger partial charge is 0.165 e. The molecule has 0 saturated heterocycles. The van der Waals surface area contributed by atoms with E-state index in [0.29, 0.717) is 12.0 Å². The molecule has 1 aromatic rings. The second-order valence-electron chi connectivity index (χ2n) is 6.91. The molecule has 0 radical (unpaired) electrons. The lowest BCUT2D eigenvalue weighted by molar-refractivity contribution is -0.0640. The van der Waals surface area contributed by atoms with Crippen LogP contribution in [0.1, 0.15) is 37.3 Å². The molecule has 3 unspecified atom stereocenters. The van der Waals surface area contributed by atoms with E-state index in [1.54, 1.807) is 7.11 Å². The Labute approximate surface area is 131 Å². The van der Waals surface area contributed by atoms with Crippen molar-refractivity contribution < 1.29 is 14.6 Å². The van der Waals surface area contributed by atoms with Gasteiger partial charge < -0.3 is 19.9 Å². The highest BCUT2D eigenvalue weighted by Gasteiger charge is 2.62. The van der Waals surface area contributed by atoms with Crippen molar-refractivity contribution in [2.45, 2.75) is 56.3 Å². The lowest BCUT2D eigenvalue weighted by Gasteiger charge is -2.52. The molecule has 1 fully saturated rings. The molecule has 2 aliphatic carbocycles. The molecule has 3 aliphatic rings. The van der Waals surface area contributed by atoms with E-state index in [4.69, 9.17) is 9.47 Å². The van der Waals surface area contributed by atoms with Crippen molar-refractivity contribution in [2.75, 3.05) is 14.2 Å². The van der Waals surface area contributed by atoms with E-state index < -0.39 is 6.10 Å². The number of ether oxygens (including phenoxy) is 2. The van der Waals surface area contributed by atoms with Gasteiger partial charge in [-0.15, -0.1) is 0 Å². The summed E-state index contributed by atoms with van der Waals surface area (Å²) in [5.41, 5.74) is 2.59. The van der Waals surface area contributed by atoms with Crippen LogP contribution in [-0.4, -0.2) is 37.5 Å². The van der Waals surface area contributed by atoms with Crippen LogP contribution in [0.3, 0.4) is 0 Å². The molecule has 5 atom stereocenters. The number of benzene rings is 1. The zero-order valence-corrected chi connectivity index (χ0v) is 13.6. The van der Waals surface area contributed by atoms with Gasteiger partial charge in [0.1, 0.15) is 6.10 Å². The van der Waals surface area contributed by atoms with E-state index in [2.05, 4.69) is 25.4 Å². The normalized spacial score (nSPS) is 38.4. The molecule has 1 saturated carbocycles. The summed E-state index contributed by atoms with van der Waals surface area (Å²) in [5, 5.41) is 14.1. The first-order valence-corrected chi connectivity index (χ1v) is 8.39. The lowest BCUT2D eigenvalue weighted by Crippen LogP contribution is -2.61. The number of likely N-dealkylation sites (N-methyl/N-ethyl adjacent to an activating group) is 1. The topological polar surface area (TPSA) is 50.7 Å². The van der Waals surface area contributed by atoms with Gasteiger partial charge >= 0.3 is 0 Å². The first-order valence-electron chi connectivity index (χ1n) is 8.39. The maximum Gasteiger partial charge on any atom is 0.165 e. The molecule has 0 bridgehead atoms. The summed E-state index contributed by atoms with van der Waals surface area (Å²) in [6.07, 6.45) is 3.36. The third-order valence-corrected chi connectivity index (χ3v) is 6.31. The van der Waals surface area contributed by atoms with Crippen molar-refractivity contribution >= 4 is 0 Å². The molecule has 1 aliphatic heterocycles. The van der Waals surface area contributed by atoms with Gasteiger partial charge in [0, 0.05) is 17.0 Å². The highest BCUT2D eigenvalue weighted by Crippen LogP contribution is 2.61. The summed E-state index contributed by atoms with van der Waals surface area (Å²) in [4.78, 5) is 0. The van der Waals surface area contributed by atoms with E-state index >= 15 is 0 Å². The summed E-state index contributed by atoms with van der Waals surface area (Å²) >= 11 is 0. The number of aliphatic hydroxyl groups is 1. The third kappa shape index (κ3) is 1.55. The molecule has 2 N–H and O–H groups in total. The van der Waals surface area contributed by atoms with Crippen LogP contribution in [0.15, 0.2) is 12.1 Å². The standard InChI is InChI=1S/C18H25NO3/c1-4-18-11-6-7-13(20)17(18)22-16-14(21-3)8-5-10(15(16)18)9-12(11)19-2/h5,8,11-13,17,19-20H,4,6-7,9H2,1-3H3/t11?,12?,13-,17?,18+/m0/s1. The predicted molar refractivity (Wildman–Crippen MR) is 84.7 cm³/mol. The molecule has 1 heterocycles. The number of methoxy groups -OCH3 is 1. The highest BCUT2D eigenvalue weighted by molar-refractivity contribution is 5.60. The van der Waals surface area contributed by atoms with Crippen molar-refractivity contribution in [1.29, 1.82) is 0 Å². The maximum absolute atomic E-state index is 10.6. The van der Waals surface area contributed by atoms with Crippen molar-refractivity contribution in [2.24, 2.45) is 5.92 Å². The SMILES string of the molecule is CC[C@@]12c3c4ccc(OC)c3OC1[C@@H](O)CCC2C(NC)C4. The van der Waals surface area contributed by atoms with Crippen LogP contribution in [0.4, 0.5) is 0 Å².